The van der Waals surface area contributed by atoms with E-state index in [1.165, 1.54) is 0 Å². The highest BCUT2D eigenvalue weighted by molar-refractivity contribution is 6.05. The fourth-order valence-electron chi connectivity index (χ4n) is 2.03. The van der Waals surface area contributed by atoms with E-state index < -0.39 is 0 Å². The van der Waals surface area contributed by atoms with Gasteiger partial charge in [0.05, 0.1) is 12.5 Å². The van der Waals surface area contributed by atoms with Gasteiger partial charge in [0.1, 0.15) is 0 Å². The van der Waals surface area contributed by atoms with Crippen molar-refractivity contribution >= 4 is 11.8 Å². The zero-order valence-electron chi connectivity index (χ0n) is 10.5. The Morgan fingerprint density at radius 2 is 2.06 bits per heavy atom. The summed E-state index contributed by atoms with van der Waals surface area (Å²) >= 11 is 0. The lowest BCUT2D eigenvalue weighted by Gasteiger charge is -2.29. The molecule has 16 heavy (non-hydrogen) atoms. The van der Waals surface area contributed by atoms with E-state index in [2.05, 4.69) is 29.4 Å². The molecule has 1 fully saturated rings. The Kier molecular flexibility index (Phi) is 4.04. The number of carbonyl (C=O) groups excluding carboxylic acids is 2. The highest BCUT2D eigenvalue weighted by Gasteiger charge is 2.31. The molecular weight excluding hydrogens is 206 g/mol. The summed E-state index contributed by atoms with van der Waals surface area (Å²) in [4.78, 5) is 24.4. The molecule has 1 atom stereocenters. The first kappa shape index (κ1) is 13.1. The quantitative estimate of drug-likeness (QED) is 0.626. The Labute approximate surface area is 96.6 Å². The van der Waals surface area contributed by atoms with E-state index in [0.29, 0.717) is 0 Å². The van der Waals surface area contributed by atoms with Crippen molar-refractivity contribution in [2.24, 2.45) is 5.41 Å². The van der Waals surface area contributed by atoms with Gasteiger partial charge in [0.2, 0.25) is 11.8 Å². The van der Waals surface area contributed by atoms with Crippen molar-refractivity contribution in [1.29, 1.82) is 0 Å². The Balaban J connectivity index is 2.39. The van der Waals surface area contributed by atoms with Gasteiger partial charge in [-0.05, 0) is 19.5 Å². The Bertz CT molecular complexity index is 287. The minimum absolute atomic E-state index is 0.0788. The van der Waals surface area contributed by atoms with Crippen LogP contribution in [0.2, 0.25) is 0 Å². The van der Waals surface area contributed by atoms with Crippen LogP contribution in [-0.4, -0.2) is 49.9 Å². The molecule has 2 amide bonds. The molecule has 0 aromatic heterocycles. The molecule has 2 N–H and O–H groups in total. The topological polar surface area (TPSA) is 61.4 Å². The molecule has 1 aliphatic heterocycles. The van der Waals surface area contributed by atoms with Crippen molar-refractivity contribution in [3.63, 3.8) is 0 Å². The molecule has 92 valence electrons. The molecule has 0 aliphatic carbocycles. The highest BCUT2D eigenvalue weighted by Crippen LogP contribution is 2.15. The molecule has 0 bridgehead atoms. The van der Waals surface area contributed by atoms with E-state index in [1.54, 1.807) is 0 Å². The lowest BCUT2D eigenvalue weighted by atomic mass is 9.92. The Morgan fingerprint density at radius 3 is 2.50 bits per heavy atom. The fourth-order valence-corrected chi connectivity index (χ4v) is 2.03. The lowest BCUT2D eigenvalue weighted by Crippen LogP contribution is -2.44. The van der Waals surface area contributed by atoms with Crippen molar-refractivity contribution in [3.05, 3.63) is 0 Å². The molecule has 0 spiro atoms. The smallest absolute Gasteiger partial charge is 0.244 e. The van der Waals surface area contributed by atoms with Crippen LogP contribution in [0.1, 0.15) is 20.3 Å². The van der Waals surface area contributed by atoms with E-state index >= 15 is 0 Å². The predicted molar refractivity (Wildman–Crippen MR) is 61.9 cm³/mol. The van der Waals surface area contributed by atoms with E-state index in [9.17, 15) is 9.59 Å². The summed E-state index contributed by atoms with van der Waals surface area (Å²) in [6.07, 6.45) is 0.261. The average molecular weight is 227 g/mol. The number of rotatable bonds is 5. The maximum Gasteiger partial charge on any atom is 0.244 e. The minimum Gasteiger partial charge on any atom is -0.309 e. The van der Waals surface area contributed by atoms with E-state index in [0.717, 1.165) is 13.1 Å². The van der Waals surface area contributed by atoms with Gasteiger partial charge in [0, 0.05) is 13.1 Å². The average Bonchev–Trinajstić information content (AvgIpc) is 2.39. The van der Waals surface area contributed by atoms with Crippen molar-refractivity contribution < 1.29 is 9.59 Å². The SMILES string of the molecule is CN(C)CC(C)(C)CNC1CC(=O)NC1=O. The first-order chi connectivity index (χ1) is 7.30. The van der Waals surface area contributed by atoms with Crippen LogP contribution in [0, 0.1) is 5.41 Å². The third kappa shape index (κ3) is 3.90. The van der Waals surface area contributed by atoms with Crippen molar-refractivity contribution in [2.45, 2.75) is 26.3 Å². The minimum atomic E-state index is -0.353. The molecular formula is C11H21N3O2. The zero-order valence-corrected chi connectivity index (χ0v) is 10.5. The van der Waals surface area contributed by atoms with E-state index in [-0.39, 0.29) is 29.7 Å². The van der Waals surface area contributed by atoms with Crippen molar-refractivity contribution in [2.75, 3.05) is 27.2 Å². The number of hydrogen-bond donors (Lipinski definition) is 2. The number of nitrogens with zero attached hydrogens (tertiary/aromatic N) is 1. The molecule has 5 heteroatoms. The van der Waals surface area contributed by atoms with Crippen LogP contribution in [0.4, 0.5) is 0 Å². The van der Waals surface area contributed by atoms with Gasteiger partial charge in [-0.25, -0.2) is 0 Å². The molecule has 1 saturated heterocycles. The van der Waals surface area contributed by atoms with Gasteiger partial charge < -0.3 is 10.2 Å². The maximum absolute atomic E-state index is 11.3. The normalized spacial score (nSPS) is 21.7. The molecule has 1 aliphatic rings. The number of carbonyl (C=O) groups is 2. The Morgan fingerprint density at radius 1 is 1.44 bits per heavy atom. The van der Waals surface area contributed by atoms with E-state index in [1.807, 2.05) is 14.1 Å². The number of nitrogens with one attached hydrogen (secondary N) is 2. The van der Waals surface area contributed by atoms with Crippen LogP contribution in [0.3, 0.4) is 0 Å². The van der Waals surface area contributed by atoms with Crippen LogP contribution >= 0.6 is 0 Å². The molecule has 0 saturated carbocycles. The Hall–Kier alpha value is -0.940. The van der Waals surface area contributed by atoms with Crippen LogP contribution in [-0.2, 0) is 9.59 Å². The van der Waals surface area contributed by atoms with Gasteiger partial charge in [0.25, 0.3) is 0 Å². The molecule has 0 aromatic carbocycles. The second-order valence-electron chi connectivity index (χ2n) is 5.45. The third-order valence-corrected chi connectivity index (χ3v) is 2.54. The zero-order chi connectivity index (χ0) is 12.3. The largest absolute Gasteiger partial charge is 0.309 e. The molecule has 1 rings (SSSR count). The lowest BCUT2D eigenvalue weighted by molar-refractivity contribution is -0.125. The summed E-state index contributed by atoms with van der Waals surface area (Å²) in [7, 11) is 4.04. The van der Waals surface area contributed by atoms with Gasteiger partial charge in [-0.1, -0.05) is 13.8 Å². The van der Waals surface area contributed by atoms with Crippen LogP contribution in [0.25, 0.3) is 0 Å². The molecule has 0 radical (unpaired) electrons. The summed E-state index contributed by atoms with van der Waals surface area (Å²) in [5.74, 6) is -0.390. The van der Waals surface area contributed by atoms with Gasteiger partial charge in [-0.3, -0.25) is 14.9 Å². The maximum atomic E-state index is 11.3. The third-order valence-electron chi connectivity index (χ3n) is 2.54. The summed E-state index contributed by atoms with van der Waals surface area (Å²) < 4.78 is 0. The van der Waals surface area contributed by atoms with Gasteiger partial charge in [-0.15, -0.1) is 0 Å². The number of amides is 2. The molecule has 1 heterocycles. The molecule has 0 aromatic rings. The second kappa shape index (κ2) is 4.93. The first-order valence-electron chi connectivity index (χ1n) is 5.52. The molecule has 1 unspecified atom stereocenters. The highest BCUT2D eigenvalue weighted by atomic mass is 16.2. The van der Waals surface area contributed by atoms with E-state index in [4.69, 9.17) is 0 Å². The van der Waals surface area contributed by atoms with Crippen LogP contribution in [0.5, 0.6) is 0 Å². The molecule has 5 nitrogen and oxygen atoms in total. The standard InChI is InChI=1S/C11H21N3O2/c1-11(2,7-14(3)4)6-12-8-5-9(15)13-10(8)16/h8,12H,5-7H2,1-4H3,(H,13,15,16). The van der Waals surface area contributed by atoms with Crippen molar-refractivity contribution in [3.8, 4) is 0 Å². The van der Waals surface area contributed by atoms with Crippen LogP contribution < -0.4 is 10.6 Å². The summed E-state index contributed by atoms with van der Waals surface area (Å²) in [6, 6.07) is -0.353. The number of imide groups is 1. The summed E-state index contributed by atoms with van der Waals surface area (Å²) in [5.41, 5.74) is 0.0788. The summed E-state index contributed by atoms with van der Waals surface area (Å²) in [6.45, 7) is 5.92. The van der Waals surface area contributed by atoms with Gasteiger partial charge in [0.15, 0.2) is 0 Å². The predicted octanol–water partition coefficient (Wildman–Crippen LogP) is -0.421. The fraction of sp³-hybridized carbons (Fsp3) is 0.818. The van der Waals surface area contributed by atoms with Gasteiger partial charge >= 0.3 is 0 Å². The first-order valence-corrected chi connectivity index (χ1v) is 5.52. The monoisotopic (exact) mass is 227 g/mol. The van der Waals surface area contributed by atoms with Gasteiger partial charge in [-0.2, -0.15) is 0 Å². The van der Waals surface area contributed by atoms with Crippen molar-refractivity contribution in [1.82, 2.24) is 15.5 Å². The summed E-state index contributed by atoms with van der Waals surface area (Å²) in [5, 5.41) is 5.44. The number of hydrogen-bond acceptors (Lipinski definition) is 4. The second-order valence-corrected chi connectivity index (χ2v) is 5.45. The van der Waals surface area contributed by atoms with Crippen LogP contribution in [0.15, 0.2) is 0 Å².